The van der Waals surface area contributed by atoms with Gasteiger partial charge in [-0.3, -0.25) is 28.5 Å². The first kappa shape index (κ1) is 62.7. The third-order valence-corrected chi connectivity index (χ3v) is 16.5. The maximum atomic E-state index is 13.5. The number of thioether (sulfide) groups is 2. The number of nitrogens with zero attached hydrogens (tertiary/aromatic N) is 6. The largest absolute Gasteiger partial charge is 0.480 e. The average molecular weight is 1180 g/mol. The van der Waals surface area contributed by atoms with Crippen LogP contribution in [0.4, 0.5) is 15.0 Å². The molecule has 3 saturated heterocycles. The van der Waals surface area contributed by atoms with Gasteiger partial charge in [0.25, 0.3) is 5.91 Å². The highest BCUT2D eigenvalue weighted by Crippen LogP contribution is 2.40. The van der Waals surface area contributed by atoms with Crippen molar-refractivity contribution in [1.82, 2.24) is 51.4 Å². The molecular formula is C51H75FN14O13S2. The number of ether oxygens (including phenoxy) is 4. The molecule has 2 aromatic heterocycles. The Morgan fingerprint density at radius 1 is 0.864 bits per heavy atom. The molecule has 7 rings (SSSR count). The Kier molecular flexibility index (Phi) is 24.9. The van der Waals surface area contributed by atoms with E-state index < -0.39 is 72.7 Å². The summed E-state index contributed by atoms with van der Waals surface area (Å²) in [4.78, 5) is 87.9. The molecule has 81 heavy (non-hydrogen) atoms. The zero-order valence-electron chi connectivity index (χ0n) is 45.0. The van der Waals surface area contributed by atoms with Gasteiger partial charge in [-0.15, -0.1) is 0 Å². The van der Waals surface area contributed by atoms with Crippen molar-refractivity contribution in [3.63, 3.8) is 0 Å². The molecule has 0 spiro atoms. The van der Waals surface area contributed by atoms with Crippen molar-refractivity contribution in [1.29, 1.82) is 0 Å². The number of nitrogens with one attached hydrogen (secondary N) is 7. The van der Waals surface area contributed by atoms with E-state index in [1.807, 2.05) is 11.8 Å². The monoisotopic (exact) mass is 1170 g/mol. The summed E-state index contributed by atoms with van der Waals surface area (Å²) in [6.45, 7) is 2.84. The molecule has 3 aromatic rings. The van der Waals surface area contributed by atoms with Crippen molar-refractivity contribution in [3.8, 4) is 0 Å². The van der Waals surface area contributed by atoms with Crippen LogP contribution >= 0.6 is 23.5 Å². The van der Waals surface area contributed by atoms with E-state index in [1.165, 1.54) is 53.2 Å². The van der Waals surface area contributed by atoms with E-state index in [-0.39, 0.29) is 55.5 Å². The summed E-state index contributed by atoms with van der Waals surface area (Å²) in [5, 5.41) is 58.9. The number of aliphatic carboxylic acids is 1. The van der Waals surface area contributed by atoms with Crippen LogP contribution in [0.5, 0.6) is 0 Å². The molecule has 6 heterocycles. The molecule has 0 bridgehead atoms. The van der Waals surface area contributed by atoms with Crippen molar-refractivity contribution >= 4 is 76.1 Å². The van der Waals surface area contributed by atoms with Crippen LogP contribution < -0.4 is 43.0 Å². The number of hydrogen-bond acceptors (Lipinski definition) is 21. The number of halogens is 1. The maximum Gasteiger partial charge on any atom is 0.320 e. The molecule has 27 nitrogen and oxygen atoms in total. The summed E-state index contributed by atoms with van der Waals surface area (Å²) in [7, 11) is 0. The minimum atomic E-state index is -1.29. The third-order valence-electron chi connectivity index (χ3n) is 13.9. The van der Waals surface area contributed by atoms with E-state index in [1.54, 1.807) is 0 Å². The Morgan fingerprint density at radius 2 is 1.56 bits per heavy atom. The first-order valence-electron chi connectivity index (χ1n) is 27.4. The molecule has 6 amide bonds. The van der Waals surface area contributed by atoms with Crippen LogP contribution in [0.3, 0.4) is 0 Å². The number of nitrogens with two attached hydrogens (primary N) is 1. The van der Waals surface area contributed by atoms with E-state index in [0.29, 0.717) is 124 Å². The summed E-state index contributed by atoms with van der Waals surface area (Å²) in [6.07, 6.45) is 3.85. The molecule has 0 radical (unpaired) electrons. The van der Waals surface area contributed by atoms with Crippen LogP contribution in [0.2, 0.25) is 0 Å². The minimum absolute atomic E-state index is 0.0248. The van der Waals surface area contributed by atoms with Gasteiger partial charge in [0.15, 0.2) is 23.2 Å². The molecule has 0 aliphatic carbocycles. The molecule has 1 aromatic carbocycles. The van der Waals surface area contributed by atoms with Gasteiger partial charge in [-0.2, -0.15) is 33.8 Å². The molecular weight excluding hydrogens is 1100 g/mol. The normalized spacial score (nSPS) is 22.1. The van der Waals surface area contributed by atoms with Gasteiger partial charge in [0.2, 0.25) is 23.4 Å². The number of aliphatic hydroxyl groups excluding tert-OH is 2. The topological polar surface area (TPSA) is 379 Å². The first-order chi connectivity index (χ1) is 39.3. The van der Waals surface area contributed by atoms with Gasteiger partial charge >= 0.3 is 12.0 Å². The zero-order chi connectivity index (χ0) is 57.6. The Balaban J connectivity index is 0.744. The van der Waals surface area contributed by atoms with Crippen molar-refractivity contribution < 1.29 is 67.4 Å². The van der Waals surface area contributed by atoms with E-state index in [9.17, 15) is 43.4 Å². The average Bonchev–Trinajstić information content (AvgIpc) is 3.73. The summed E-state index contributed by atoms with van der Waals surface area (Å²) in [6, 6.07) is 4.10. The number of hydrogen-bond donors (Lipinski definition) is 11. The Bertz CT molecular complexity index is 2570. The first-order valence-corrected chi connectivity index (χ1v) is 29.6. The number of urea groups is 1. The second-order valence-corrected chi connectivity index (χ2v) is 22.3. The van der Waals surface area contributed by atoms with E-state index in [4.69, 9.17) is 29.8 Å². The summed E-state index contributed by atoms with van der Waals surface area (Å²) in [5.74, 6) is -0.658. The number of carboxylic acids is 1. The van der Waals surface area contributed by atoms with Gasteiger partial charge < -0.3 is 77.2 Å². The third kappa shape index (κ3) is 18.8. The fourth-order valence-electron chi connectivity index (χ4n) is 9.20. The number of aliphatic hydroxyl groups is 2. The molecule has 3 fully saturated rings. The lowest BCUT2D eigenvalue weighted by molar-refractivity contribution is -0.138. The summed E-state index contributed by atoms with van der Waals surface area (Å²) in [5.41, 5.74) is 5.75. The highest BCUT2D eigenvalue weighted by Gasteiger charge is 2.45. The maximum absolute atomic E-state index is 13.5. The second kappa shape index (κ2) is 32.1. The molecule has 4 aliphatic rings. The van der Waals surface area contributed by atoms with Gasteiger partial charge in [0, 0.05) is 73.7 Å². The summed E-state index contributed by atoms with van der Waals surface area (Å²) >= 11 is 3.23. The van der Waals surface area contributed by atoms with Crippen molar-refractivity contribution in [3.05, 3.63) is 48.0 Å². The number of anilines is 1. The fraction of sp³-hybridized carbons (Fsp3) is 0.667. The number of benzene rings is 1. The van der Waals surface area contributed by atoms with Gasteiger partial charge in [0.1, 0.15) is 37.3 Å². The molecule has 4 aliphatic heterocycles. The highest BCUT2D eigenvalue weighted by atomic mass is 32.2. The SMILES string of the molecule is N[C@@H](CCSC[C@H]1O[C@@H](n2cnc3c(NCCCCNC(=O)C[C@H](NC(=O)c4ccc(C5(CF)N=N5)cc4)C(=O)NCCCOCCOCCOCCCNC(=O)CCCC[C@@H]4SC[C@@H]5NC(=O)N[C@@H]54)ncnc32)C(O)C1O)C(=O)O. The quantitative estimate of drug-likeness (QED) is 0.0279. The number of rotatable bonds is 39. The van der Waals surface area contributed by atoms with Crippen LogP contribution in [-0.2, 0) is 43.8 Å². The Hall–Kier alpha value is -5.86. The van der Waals surface area contributed by atoms with Crippen LogP contribution in [0.1, 0.15) is 86.4 Å². The van der Waals surface area contributed by atoms with Crippen molar-refractivity contribution in [2.24, 2.45) is 16.0 Å². The molecule has 12 N–H and O–H groups in total. The number of amides is 6. The van der Waals surface area contributed by atoms with E-state index in [0.717, 1.165) is 25.0 Å². The number of unbranched alkanes of at least 4 members (excludes halogenated alkanes) is 2. The molecule has 2 unspecified atom stereocenters. The standard InChI is InChI=1S/C51H75FN14O13S2/c52-28-51(64-65-51)32-11-9-31(10-12-32)46(71)61-34(47(72)57-17-6-19-77-21-23-78-22-20-76-18-5-16-54-38(67)8-2-1-7-37-40-35(26-81-37)62-50(75)63-40)25-39(68)55-14-3-4-15-56-44-41-45(59-29-58-44)66(30-60-41)48-43(70)42(69)36(79-48)27-80-24-13-33(53)49(73)74/h9-12,29-30,33-37,40,42-43,48,69-70H,1-8,13-28,53H2,(H,54,67)(H,55,68)(H,57,72)(H,61,71)(H,73,74)(H,56,58,59)(H2,62,63,75)/t33-,34-,35-,36+,37-,40-,42?,43?,48+/m0/s1. The number of carboxylic acid groups (broad SMARTS) is 1. The van der Waals surface area contributed by atoms with Crippen LogP contribution in [0.15, 0.2) is 47.1 Å². The number of aromatic nitrogens is 4. The van der Waals surface area contributed by atoms with Gasteiger partial charge in [-0.05, 0) is 62.8 Å². The lowest BCUT2D eigenvalue weighted by atomic mass is 10.0. The molecule has 9 atom stereocenters. The molecule has 30 heteroatoms. The number of fused-ring (bicyclic) bond motifs is 2. The van der Waals surface area contributed by atoms with Crippen molar-refractivity contribution in [2.75, 3.05) is 95.1 Å². The van der Waals surface area contributed by atoms with Crippen LogP contribution in [-0.4, -0.2) is 208 Å². The molecule has 0 saturated carbocycles. The number of imidazole rings is 1. The van der Waals surface area contributed by atoms with E-state index in [2.05, 4.69) is 62.4 Å². The fourth-order valence-corrected chi connectivity index (χ4v) is 11.8. The van der Waals surface area contributed by atoms with Gasteiger partial charge in [-0.1, -0.05) is 18.6 Å². The summed E-state index contributed by atoms with van der Waals surface area (Å²) < 4.78 is 37.9. The van der Waals surface area contributed by atoms with Crippen molar-refractivity contribution in [2.45, 2.75) is 124 Å². The molecule has 446 valence electrons. The highest BCUT2D eigenvalue weighted by molar-refractivity contribution is 8.00. The number of carbonyl (C=O) groups excluding carboxylic acids is 5. The predicted molar refractivity (Wildman–Crippen MR) is 296 cm³/mol. The zero-order valence-corrected chi connectivity index (χ0v) is 46.6. The lowest BCUT2D eigenvalue weighted by Gasteiger charge is -2.19. The van der Waals surface area contributed by atoms with E-state index >= 15 is 0 Å². The van der Waals surface area contributed by atoms with Crippen LogP contribution in [0, 0.1) is 0 Å². The predicted octanol–water partition coefficient (Wildman–Crippen LogP) is 0.854. The minimum Gasteiger partial charge on any atom is -0.480 e. The number of alkyl halides is 1. The second-order valence-electron chi connectivity index (χ2n) is 19.9. The lowest BCUT2D eigenvalue weighted by Crippen LogP contribution is -2.49. The number of carbonyl (C=O) groups is 6. The smallest absolute Gasteiger partial charge is 0.320 e. The Labute approximate surface area is 476 Å². The van der Waals surface area contributed by atoms with Crippen LogP contribution in [0.25, 0.3) is 11.2 Å². The van der Waals surface area contributed by atoms with Gasteiger partial charge in [-0.25, -0.2) is 24.1 Å². The van der Waals surface area contributed by atoms with Gasteiger partial charge in [0.05, 0.1) is 57.4 Å². The Morgan fingerprint density at radius 3 is 2.27 bits per heavy atom.